The van der Waals surface area contributed by atoms with Crippen molar-refractivity contribution in [3.63, 3.8) is 0 Å². The zero-order valence-corrected chi connectivity index (χ0v) is 15.2. The first-order valence-electron chi connectivity index (χ1n) is 8.26. The molecule has 1 atom stereocenters. The summed E-state index contributed by atoms with van der Waals surface area (Å²) in [6.45, 7) is 2.04. The smallest absolute Gasteiger partial charge is 0.417 e. The highest BCUT2D eigenvalue weighted by Crippen LogP contribution is 2.37. The molecule has 0 spiro atoms. The molecule has 28 heavy (non-hydrogen) atoms. The molecule has 0 radical (unpaired) electrons. The first kappa shape index (κ1) is 18.5. The van der Waals surface area contributed by atoms with Gasteiger partial charge in [0, 0.05) is 19.1 Å². The number of halogens is 4. The summed E-state index contributed by atoms with van der Waals surface area (Å²) in [5, 5.41) is 7.46. The SMILES string of the molecule is CC1Cn2c(nnc2-c2ncco2)C(=O)N1Cc1cccc(C(F)(F)F)c1Cl. The van der Waals surface area contributed by atoms with E-state index in [0.717, 1.165) is 6.07 Å². The van der Waals surface area contributed by atoms with Crippen molar-refractivity contribution in [1.82, 2.24) is 24.6 Å². The third-order valence-electron chi connectivity index (χ3n) is 4.53. The van der Waals surface area contributed by atoms with Crippen LogP contribution in [0.25, 0.3) is 11.7 Å². The van der Waals surface area contributed by atoms with Crippen molar-refractivity contribution in [2.45, 2.75) is 32.2 Å². The number of hydrogen-bond donors (Lipinski definition) is 0. The molecule has 1 unspecified atom stereocenters. The van der Waals surface area contributed by atoms with Gasteiger partial charge in [0.1, 0.15) is 6.26 Å². The van der Waals surface area contributed by atoms with E-state index in [1.54, 1.807) is 11.5 Å². The van der Waals surface area contributed by atoms with E-state index in [4.69, 9.17) is 16.0 Å². The van der Waals surface area contributed by atoms with E-state index in [0.29, 0.717) is 12.4 Å². The molecule has 1 aliphatic heterocycles. The molecular formula is C17H13ClF3N5O2. The highest BCUT2D eigenvalue weighted by molar-refractivity contribution is 6.32. The van der Waals surface area contributed by atoms with E-state index in [2.05, 4.69) is 15.2 Å². The van der Waals surface area contributed by atoms with E-state index in [1.807, 2.05) is 0 Å². The van der Waals surface area contributed by atoms with Crippen molar-refractivity contribution in [1.29, 1.82) is 0 Å². The Hall–Kier alpha value is -2.88. The highest BCUT2D eigenvalue weighted by Gasteiger charge is 2.37. The minimum absolute atomic E-state index is 0.0643. The van der Waals surface area contributed by atoms with Gasteiger partial charge in [0.2, 0.25) is 11.6 Å². The van der Waals surface area contributed by atoms with E-state index in [-0.39, 0.29) is 29.9 Å². The van der Waals surface area contributed by atoms with Gasteiger partial charge in [0.05, 0.1) is 16.8 Å². The number of fused-ring (bicyclic) bond motifs is 1. The molecule has 11 heteroatoms. The summed E-state index contributed by atoms with van der Waals surface area (Å²) in [7, 11) is 0. The van der Waals surface area contributed by atoms with E-state index >= 15 is 0 Å². The van der Waals surface area contributed by atoms with Gasteiger partial charge in [-0.05, 0) is 18.6 Å². The fraction of sp³-hybridized carbons (Fsp3) is 0.294. The van der Waals surface area contributed by atoms with Gasteiger partial charge in [-0.1, -0.05) is 23.7 Å². The van der Waals surface area contributed by atoms with Crippen LogP contribution >= 0.6 is 11.6 Å². The molecule has 0 aliphatic carbocycles. The molecule has 7 nitrogen and oxygen atoms in total. The van der Waals surface area contributed by atoms with Crippen LogP contribution in [0.5, 0.6) is 0 Å². The molecule has 0 fully saturated rings. The van der Waals surface area contributed by atoms with Crippen molar-refractivity contribution in [3.8, 4) is 11.7 Å². The van der Waals surface area contributed by atoms with Crippen LogP contribution in [0.1, 0.15) is 28.7 Å². The Balaban J connectivity index is 1.66. The third kappa shape index (κ3) is 3.03. The average Bonchev–Trinajstić information content (AvgIpc) is 3.28. The second-order valence-corrected chi connectivity index (χ2v) is 6.73. The average molecular weight is 412 g/mol. The van der Waals surface area contributed by atoms with Gasteiger partial charge in [-0.25, -0.2) is 4.98 Å². The lowest BCUT2D eigenvalue weighted by Crippen LogP contribution is -2.46. The van der Waals surface area contributed by atoms with E-state index in [1.165, 1.54) is 29.5 Å². The van der Waals surface area contributed by atoms with Crippen LogP contribution < -0.4 is 0 Å². The first-order chi connectivity index (χ1) is 13.3. The number of oxazole rings is 1. The molecule has 2 aromatic heterocycles. The van der Waals surface area contributed by atoms with E-state index in [9.17, 15) is 18.0 Å². The lowest BCUT2D eigenvalue weighted by Gasteiger charge is -2.34. The normalized spacial score (nSPS) is 17.1. The minimum atomic E-state index is -4.57. The molecule has 0 N–H and O–H groups in total. The maximum atomic E-state index is 13.1. The Labute approximate surface area is 161 Å². The topological polar surface area (TPSA) is 77.0 Å². The molecule has 1 aliphatic rings. The molecular weight excluding hydrogens is 399 g/mol. The van der Waals surface area contributed by atoms with E-state index < -0.39 is 22.7 Å². The number of carbonyl (C=O) groups excluding carboxylic acids is 1. The van der Waals surface area contributed by atoms with Crippen LogP contribution in [0, 0.1) is 0 Å². The van der Waals surface area contributed by atoms with Crippen molar-refractivity contribution < 1.29 is 22.4 Å². The quantitative estimate of drug-likeness (QED) is 0.657. The number of benzene rings is 1. The fourth-order valence-electron chi connectivity index (χ4n) is 3.15. The standard InChI is InChI=1S/C17H13ClF3N5O2/c1-9-7-26-13(15-22-5-6-28-15)23-24-14(26)16(27)25(9)8-10-3-2-4-11(12(10)18)17(19,20)21/h2-6,9H,7-8H2,1H3. The zero-order valence-electron chi connectivity index (χ0n) is 14.4. The maximum Gasteiger partial charge on any atom is 0.417 e. The molecule has 3 aromatic rings. The molecule has 0 bridgehead atoms. The lowest BCUT2D eigenvalue weighted by molar-refractivity contribution is -0.137. The largest absolute Gasteiger partial charge is 0.442 e. The van der Waals surface area contributed by atoms with Gasteiger partial charge in [0.25, 0.3) is 11.8 Å². The Morgan fingerprint density at radius 3 is 2.71 bits per heavy atom. The van der Waals surface area contributed by atoms with Gasteiger partial charge in [-0.2, -0.15) is 13.2 Å². The Morgan fingerprint density at radius 2 is 2.04 bits per heavy atom. The fourth-order valence-corrected chi connectivity index (χ4v) is 3.44. The predicted octanol–water partition coefficient (Wildman–Crippen LogP) is 3.65. The summed E-state index contributed by atoms with van der Waals surface area (Å²) in [5.74, 6) is 0.150. The van der Waals surface area contributed by atoms with Crippen LogP contribution in [0.2, 0.25) is 5.02 Å². The Morgan fingerprint density at radius 1 is 1.29 bits per heavy atom. The van der Waals surface area contributed by atoms with Gasteiger partial charge < -0.3 is 9.32 Å². The summed E-state index contributed by atoms with van der Waals surface area (Å²) >= 11 is 5.97. The zero-order chi connectivity index (χ0) is 20.1. The Kier molecular flexibility index (Phi) is 4.37. The monoisotopic (exact) mass is 411 g/mol. The molecule has 1 aromatic carbocycles. The van der Waals surface area contributed by atoms with Crippen LogP contribution in [0.15, 0.2) is 35.1 Å². The molecule has 146 valence electrons. The minimum Gasteiger partial charge on any atom is -0.442 e. The summed E-state index contributed by atoms with van der Waals surface area (Å²) in [6.07, 6.45) is -1.74. The van der Waals surface area contributed by atoms with Crippen molar-refractivity contribution >= 4 is 17.5 Å². The summed E-state index contributed by atoms with van der Waals surface area (Å²) < 4.78 is 46.1. The number of alkyl halides is 3. The number of aromatic nitrogens is 4. The van der Waals surface area contributed by atoms with Crippen LogP contribution in [-0.4, -0.2) is 36.6 Å². The van der Waals surface area contributed by atoms with Crippen LogP contribution in [0.3, 0.4) is 0 Å². The van der Waals surface area contributed by atoms with Gasteiger partial charge in [0.15, 0.2) is 0 Å². The second kappa shape index (κ2) is 6.62. The first-order valence-corrected chi connectivity index (χ1v) is 8.63. The van der Waals surface area contributed by atoms with Crippen molar-refractivity contribution in [2.24, 2.45) is 0 Å². The number of hydrogen-bond acceptors (Lipinski definition) is 5. The highest BCUT2D eigenvalue weighted by atomic mass is 35.5. The van der Waals surface area contributed by atoms with Gasteiger partial charge >= 0.3 is 6.18 Å². The van der Waals surface area contributed by atoms with Gasteiger partial charge in [-0.3, -0.25) is 9.36 Å². The number of nitrogens with zero attached hydrogens (tertiary/aromatic N) is 5. The van der Waals surface area contributed by atoms with Crippen LogP contribution in [-0.2, 0) is 19.3 Å². The third-order valence-corrected chi connectivity index (χ3v) is 4.98. The maximum absolute atomic E-state index is 13.1. The second-order valence-electron chi connectivity index (χ2n) is 6.35. The number of rotatable bonds is 3. The number of carbonyl (C=O) groups is 1. The van der Waals surface area contributed by atoms with Crippen molar-refractivity contribution in [3.05, 3.63) is 52.6 Å². The van der Waals surface area contributed by atoms with Crippen molar-refractivity contribution in [2.75, 3.05) is 0 Å². The number of amides is 1. The summed E-state index contributed by atoms with van der Waals surface area (Å²) in [6, 6.07) is 3.31. The summed E-state index contributed by atoms with van der Waals surface area (Å²) in [4.78, 5) is 18.3. The molecule has 3 heterocycles. The molecule has 1 amide bonds. The molecule has 0 saturated heterocycles. The lowest BCUT2D eigenvalue weighted by atomic mass is 10.1. The Bertz CT molecular complexity index is 1030. The predicted molar refractivity (Wildman–Crippen MR) is 91.3 cm³/mol. The molecule has 0 saturated carbocycles. The molecule has 4 rings (SSSR count). The van der Waals surface area contributed by atoms with Gasteiger partial charge in [-0.15, -0.1) is 10.2 Å². The summed E-state index contributed by atoms with van der Waals surface area (Å²) in [5.41, 5.74) is -0.726. The van der Waals surface area contributed by atoms with Crippen LogP contribution in [0.4, 0.5) is 13.2 Å².